The Labute approximate surface area is 102 Å². The number of aromatic nitrogens is 3. The molecule has 1 atom stereocenters. The van der Waals surface area contributed by atoms with Crippen LogP contribution >= 0.6 is 0 Å². The Hall–Kier alpha value is -1.43. The summed E-state index contributed by atoms with van der Waals surface area (Å²) in [5.74, 6) is 0.717. The molecule has 0 saturated carbocycles. The summed E-state index contributed by atoms with van der Waals surface area (Å²) >= 11 is 0. The van der Waals surface area contributed by atoms with Gasteiger partial charge in [0, 0.05) is 20.0 Å². The van der Waals surface area contributed by atoms with Gasteiger partial charge >= 0.3 is 0 Å². The van der Waals surface area contributed by atoms with Gasteiger partial charge in [0.15, 0.2) is 0 Å². The van der Waals surface area contributed by atoms with Gasteiger partial charge in [-0.25, -0.2) is 0 Å². The number of hydrogen-bond donors (Lipinski definition) is 2. The van der Waals surface area contributed by atoms with E-state index in [1.807, 2.05) is 32.4 Å². The van der Waals surface area contributed by atoms with E-state index in [-0.39, 0.29) is 11.3 Å². The average molecular weight is 239 g/mol. The number of carbonyl (C=O) groups is 1. The fourth-order valence-corrected chi connectivity index (χ4v) is 1.33. The summed E-state index contributed by atoms with van der Waals surface area (Å²) in [6.45, 7) is 6.36. The van der Waals surface area contributed by atoms with Crippen LogP contribution in [0.1, 0.15) is 26.6 Å². The van der Waals surface area contributed by atoms with Crippen molar-refractivity contribution >= 4 is 5.91 Å². The largest absolute Gasteiger partial charge is 0.354 e. The number of amides is 1. The third-order valence-electron chi connectivity index (χ3n) is 2.67. The number of carbonyl (C=O) groups excluding carboxylic acids is 1. The van der Waals surface area contributed by atoms with Crippen molar-refractivity contribution in [2.75, 3.05) is 6.54 Å². The van der Waals surface area contributed by atoms with E-state index >= 15 is 0 Å². The molecule has 0 aliphatic heterocycles. The van der Waals surface area contributed by atoms with Gasteiger partial charge in [0.2, 0.25) is 5.91 Å². The van der Waals surface area contributed by atoms with Crippen molar-refractivity contribution in [1.29, 1.82) is 0 Å². The molecular formula is C11H21N5O. The molecule has 3 N–H and O–H groups in total. The number of nitrogens with one attached hydrogen (secondary N) is 1. The van der Waals surface area contributed by atoms with Crippen molar-refractivity contribution in [1.82, 2.24) is 20.1 Å². The first-order valence-electron chi connectivity index (χ1n) is 5.68. The van der Waals surface area contributed by atoms with Gasteiger partial charge in [0.25, 0.3) is 0 Å². The molecule has 0 saturated heterocycles. The SMILES string of the molecule is Cn1cnnc1CCNC(=O)[C@@H](N)C(C)(C)C. The van der Waals surface area contributed by atoms with Crippen LogP contribution in [0.2, 0.25) is 0 Å². The second kappa shape index (κ2) is 5.27. The molecule has 1 aromatic rings. The van der Waals surface area contributed by atoms with Crippen molar-refractivity contribution < 1.29 is 4.79 Å². The Morgan fingerprint density at radius 2 is 2.24 bits per heavy atom. The van der Waals surface area contributed by atoms with Crippen LogP contribution in [0.4, 0.5) is 0 Å². The van der Waals surface area contributed by atoms with Crippen molar-refractivity contribution in [2.45, 2.75) is 33.2 Å². The first-order chi connectivity index (χ1) is 7.82. The Bertz CT molecular complexity index is 379. The van der Waals surface area contributed by atoms with Gasteiger partial charge < -0.3 is 15.6 Å². The average Bonchev–Trinajstić information content (AvgIpc) is 2.62. The summed E-state index contributed by atoms with van der Waals surface area (Å²) in [7, 11) is 1.87. The molecule has 96 valence electrons. The molecule has 0 unspecified atom stereocenters. The van der Waals surface area contributed by atoms with E-state index in [1.165, 1.54) is 0 Å². The minimum absolute atomic E-state index is 0.125. The fourth-order valence-electron chi connectivity index (χ4n) is 1.33. The molecule has 0 aliphatic carbocycles. The monoisotopic (exact) mass is 239 g/mol. The number of nitrogens with two attached hydrogens (primary N) is 1. The van der Waals surface area contributed by atoms with Crippen LogP contribution in [0, 0.1) is 5.41 Å². The van der Waals surface area contributed by atoms with Gasteiger partial charge in [-0.15, -0.1) is 10.2 Å². The van der Waals surface area contributed by atoms with Crippen LogP contribution in [-0.2, 0) is 18.3 Å². The zero-order valence-corrected chi connectivity index (χ0v) is 10.9. The van der Waals surface area contributed by atoms with Crippen molar-refractivity contribution in [3.05, 3.63) is 12.2 Å². The lowest BCUT2D eigenvalue weighted by molar-refractivity contribution is -0.124. The maximum Gasteiger partial charge on any atom is 0.237 e. The molecule has 0 spiro atoms. The lowest BCUT2D eigenvalue weighted by Gasteiger charge is -2.25. The van der Waals surface area contributed by atoms with Gasteiger partial charge in [-0.2, -0.15) is 0 Å². The first kappa shape index (κ1) is 13.6. The quantitative estimate of drug-likeness (QED) is 0.765. The van der Waals surface area contributed by atoms with Gasteiger partial charge in [-0.3, -0.25) is 4.79 Å². The highest BCUT2D eigenvalue weighted by atomic mass is 16.2. The van der Waals surface area contributed by atoms with E-state index in [0.717, 1.165) is 5.82 Å². The van der Waals surface area contributed by atoms with Crippen LogP contribution in [0.3, 0.4) is 0 Å². The number of hydrogen-bond acceptors (Lipinski definition) is 4. The Morgan fingerprint density at radius 3 is 2.71 bits per heavy atom. The van der Waals surface area contributed by atoms with E-state index < -0.39 is 6.04 Å². The highest BCUT2D eigenvalue weighted by molar-refractivity contribution is 5.82. The predicted molar refractivity (Wildman–Crippen MR) is 65.1 cm³/mol. The van der Waals surface area contributed by atoms with Gasteiger partial charge in [-0.1, -0.05) is 20.8 Å². The van der Waals surface area contributed by atoms with E-state index in [0.29, 0.717) is 13.0 Å². The second-order valence-electron chi connectivity index (χ2n) is 5.24. The van der Waals surface area contributed by atoms with Gasteiger partial charge in [0.05, 0.1) is 6.04 Å². The number of rotatable bonds is 4. The van der Waals surface area contributed by atoms with Crippen molar-refractivity contribution in [3.8, 4) is 0 Å². The minimum Gasteiger partial charge on any atom is -0.354 e. The first-order valence-corrected chi connectivity index (χ1v) is 5.68. The summed E-state index contributed by atoms with van der Waals surface area (Å²) in [5, 5.41) is 10.5. The fraction of sp³-hybridized carbons (Fsp3) is 0.727. The number of nitrogens with zero attached hydrogens (tertiary/aromatic N) is 3. The van der Waals surface area contributed by atoms with Crippen LogP contribution < -0.4 is 11.1 Å². The van der Waals surface area contributed by atoms with Crippen LogP contribution in [0.5, 0.6) is 0 Å². The van der Waals surface area contributed by atoms with Crippen LogP contribution in [0.25, 0.3) is 0 Å². The lowest BCUT2D eigenvalue weighted by Crippen LogP contribution is -2.49. The Morgan fingerprint density at radius 1 is 1.59 bits per heavy atom. The molecule has 6 heteroatoms. The number of aryl methyl sites for hydroxylation is 1. The van der Waals surface area contributed by atoms with E-state index in [4.69, 9.17) is 5.73 Å². The summed E-state index contributed by atoms with van der Waals surface area (Å²) < 4.78 is 1.83. The van der Waals surface area contributed by atoms with Crippen molar-refractivity contribution in [3.63, 3.8) is 0 Å². The molecule has 0 aliphatic rings. The molecule has 1 amide bonds. The standard InChI is InChI=1S/C11H21N5O/c1-11(2,3)9(12)10(17)13-6-5-8-15-14-7-16(8)4/h7,9H,5-6,12H2,1-4H3,(H,13,17)/t9-/m1/s1. The summed E-state index contributed by atoms with van der Waals surface area (Å²) in [6.07, 6.45) is 2.29. The Kier molecular flexibility index (Phi) is 4.22. The molecule has 6 nitrogen and oxygen atoms in total. The van der Waals surface area contributed by atoms with E-state index in [2.05, 4.69) is 15.5 Å². The highest BCUT2D eigenvalue weighted by Crippen LogP contribution is 2.16. The summed E-state index contributed by atoms with van der Waals surface area (Å²) in [5.41, 5.74) is 5.61. The third-order valence-corrected chi connectivity index (χ3v) is 2.67. The maximum absolute atomic E-state index is 11.7. The molecule has 1 heterocycles. The molecule has 0 bridgehead atoms. The molecule has 1 aromatic heterocycles. The molecule has 17 heavy (non-hydrogen) atoms. The molecule has 1 rings (SSSR count). The third kappa shape index (κ3) is 3.81. The summed E-state index contributed by atoms with van der Waals surface area (Å²) in [6, 6.07) is -0.498. The van der Waals surface area contributed by atoms with Gasteiger partial charge in [-0.05, 0) is 5.41 Å². The Balaban J connectivity index is 2.37. The van der Waals surface area contributed by atoms with Crippen molar-refractivity contribution in [2.24, 2.45) is 18.2 Å². The zero-order chi connectivity index (χ0) is 13.1. The molecule has 0 fully saturated rings. The second-order valence-corrected chi connectivity index (χ2v) is 5.24. The summed E-state index contributed by atoms with van der Waals surface area (Å²) in [4.78, 5) is 11.7. The zero-order valence-electron chi connectivity index (χ0n) is 10.9. The predicted octanol–water partition coefficient (Wildman–Crippen LogP) is -0.153. The van der Waals surface area contributed by atoms with Gasteiger partial charge in [0.1, 0.15) is 12.2 Å². The lowest BCUT2D eigenvalue weighted by atomic mass is 9.87. The smallest absolute Gasteiger partial charge is 0.237 e. The van der Waals surface area contributed by atoms with Crippen LogP contribution in [-0.4, -0.2) is 33.3 Å². The molecule has 0 aromatic carbocycles. The maximum atomic E-state index is 11.7. The topological polar surface area (TPSA) is 85.8 Å². The molecular weight excluding hydrogens is 218 g/mol. The normalized spacial score (nSPS) is 13.5. The van der Waals surface area contributed by atoms with E-state index in [9.17, 15) is 4.79 Å². The van der Waals surface area contributed by atoms with E-state index in [1.54, 1.807) is 6.33 Å². The van der Waals surface area contributed by atoms with Crippen LogP contribution in [0.15, 0.2) is 6.33 Å². The highest BCUT2D eigenvalue weighted by Gasteiger charge is 2.26. The molecule has 0 radical (unpaired) electrons. The minimum atomic E-state index is -0.498.